The molecule has 6 nitrogen and oxygen atoms in total. The summed E-state index contributed by atoms with van der Waals surface area (Å²) in [6.45, 7) is 4.74. The maximum Gasteiger partial charge on any atom is 0.262 e. The maximum absolute atomic E-state index is 12.6. The Morgan fingerprint density at radius 3 is 2.85 bits per heavy atom. The second-order valence-corrected chi connectivity index (χ2v) is 7.15. The van der Waals surface area contributed by atoms with Gasteiger partial charge in [-0.15, -0.1) is 12.4 Å². The van der Waals surface area contributed by atoms with Gasteiger partial charge in [-0.05, 0) is 19.8 Å². The highest BCUT2D eigenvalue weighted by Gasteiger charge is 2.33. The van der Waals surface area contributed by atoms with Crippen molar-refractivity contribution in [2.75, 3.05) is 19.6 Å². The Labute approximate surface area is 126 Å². The van der Waals surface area contributed by atoms with Crippen LogP contribution in [0.25, 0.3) is 0 Å². The summed E-state index contributed by atoms with van der Waals surface area (Å²) in [5, 5.41) is 3.43. The molecule has 1 atom stereocenters. The third kappa shape index (κ3) is 2.72. The van der Waals surface area contributed by atoms with E-state index in [-0.39, 0.29) is 23.5 Å². The minimum atomic E-state index is -3.44. The third-order valence-electron chi connectivity index (χ3n) is 3.90. The van der Waals surface area contributed by atoms with Crippen molar-refractivity contribution in [3.05, 3.63) is 12.0 Å². The van der Waals surface area contributed by atoms with Crippen LogP contribution in [0.2, 0.25) is 0 Å². The zero-order valence-corrected chi connectivity index (χ0v) is 13.2. The van der Waals surface area contributed by atoms with E-state index < -0.39 is 10.0 Å². The van der Waals surface area contributed by atoms with Crippen molar-refractivity contribution in [3.63, 3.8) is 0 Å². The van der Waals surface area contributed by atoms with Gasteiger partial charge in [-0.3, -0.25) is 0 Å². The van der Waals surface area contributed by atoms with E-state index >= 15 is 0 Å². The van der Waals surface area contributed by atoms with Crippen LogP contribution in [-0.2, 0) is 23.0 Å². The Bertz CT molecular complexity index is 549. The number of hydrogen-bond acceptors (Lipinski definition) is 4. The molecule has 0 amide bonds. The van der Waals surface area contributed by atoms with E-state index in [1.807, 2.05) is 11.5 Å². The fourth-order valence-electron chi connectivity index (χ4n) is 2.81. The van der Waals surface area contributed by atoms with E-state index in [0.717, 1.165) is 31.6 Å². The van der Waals surface area contributed by atoms with Gasteiger partial charge in [0.05, 0.1) is 0 Å². The molecule has 2 aliphatic heterocycles. The molecule has 0 unspecified atom stereocenters. The fraction of sp³-hybridized carbons (Fsp3) is 0.750. The quantitative estimate of drug-likeness (QED) is 0.867. The number of fused-ring (bicyclic) bond motifs is 1. The third-order valence-corrected chi connectivity index (χ3v) is 5.79. The van der Waals surface area contributed by atoms with Gasteiger partial charge in [0, 0.05) is 44.8 Å². The first-order valence-electron chi connectivity index (χ1n) is 6.87. The van der Waals surface area contributed by atoms with Gasteiger partial charge < -0.3 is 9.88 Å². The summed E-state index contributed by atoms with van der Waals surface area (Å²) in [6.07, 6.45) is 4.79. The Kier molecular flexibility index (Phi) is 4.73. The highest BCUT2D eigenvalue weighted by atomic mass is 35.5. The normalized spacial score (nSPS) is 23.9. The molecular weight excluding hydrogens is 300 g/mol. The first-order chi connectivity index (χ1) is 9.09. The molecule has 0 aromatic carbocycles. The van der Waals surface area contributed by atoms with E-state index in [1.165, 1.54) is 0 Å². The van der Waals surface area contributed by atoms with Gasteiger partial charge >= 0.3 is 0 Å². The molecule has 0 spiro atoms. The van der Waals surface area contributed by atoms with Gasteiger partial charge in [-0.1, -0.05) is 0 Å². The van der Waals surface area contributed by atoms with Crippen molar-refractivity contribution in [1.29, 1.82) is 0 Å². The molecule has 2 aliphatic rings. The van der Waals surface area contributed by atoms with Gasteiger partial charge in [0.2, 0.25) is 0 Å². The van der Waals surface area contributed by atoms with Crippen LogP contribution in [0, 0.1) is 0 Å². The average Bonchev–Trinajstić information content (AvgIpc) is 2.83. The van der Waals surface area contributed by atoms with Crippen molar-refractivity contribution >= 4 is 22.4 Å². The summed E-state index contributed by atoms with van der Waals surface area (Å²) in [5.74, 6) is 0.910. The Morgan fingerprint density at radius 1 is 1.35 bits per heavy atom. The van der Waals surface area contributed by atoms with Crippen molar-refractivity contribution in [2.45, 2.75) is 43.8 Å². The van der Waals surface area contributed by atoms with Crippen LogP contribution in [0.3, 0.4) is 0 Å². The number of piperazine rings is 1. The van der Waals surface area contributed by atoms with Gasteiger partial charge in [0.1, 0.15) is 5.82 Å². The van der Waals surface area contributed by atoms with Crippen molar-refractivity contribution in [1.82, 2.24) is 19.2 Å². The molecule has 1 aromatic heterocycles. The van der Waals surface area contributed by atoms with E-state index in [4.69, 9.17) is 0 Å². The number of aromatic nitrogens is 2. The van der Waals surface area contributed by atoms with Crippen LogP contribution in [-0.4, -0.2) is 48.0 Å². The highest BCUT2D eigenvalue weighted by Crippen LogP contribution is 2.22. The molecule has 20 heavy (non-hydrogen) atoms. The van der Waals surface area contributed by atoms with E-state index in [0.29, 0.717) is 19.6 Å². The van der Waals surface area contributed by atoms with E-state index in [1.54, 1.807) is 10.5 Å². The van der Waals surface area contributed by atoms with Crippen LogP contribution < -0.4 is 5.32 Å². The average molecular weight is 321 g/mol. The number of hydrogen-bond donors (Lipinski definition) is 1. The summed E-state index contributed by atoms with van der Waals surface area (Å²) in [6, 6.07) is -0.0162. The minimum Gasteiger partial charge on any atom is -0.333 e. The van der Waals surface area contributed by atoms with Gasteiger partial charge in [-0.2, -0.15) is 4.31 Å². The lowest BCUT2D eigenvalue weighted by Gasteiger charge is -2.32. The van der Waals surface area contributed by atoms with Crippen LogP contribution >= 0.6 is 12.4 Å². The number of aryl methyl sites for hydroxylation is 2. The number of nitrogens with one attached hydrogen (secondary N) is 1. The summed E-state index contributed by atoms with van der Waals surface area (Å²) in [4.78, 5) is 4.35. The Morgan fingerprint density at radius 2 is 2.15 bits per heavy atom. The predicted molar refractivity (Wildman–Crippen MR) is 78.6 cm³/mol. The zero-order valence-electron chi connectivity index (χ0n) is 11.6. The first-order valence-corrected chi connectivity index (χ1v) is 8.31. The SMILES string of the molecule is C[C@@H]1CNCCN1S(=O)(=O)c1cn2c(n1)CCCC2.Cl. The Hall–Kier alpha value is -0.630. The van der Waals surface area contributed by atoms with Crippen LogP contribution in [0.1, 0.15) is 25.6 Å². The zero-order chi connectivity index (χ0) is 13.5. The Balaban J connectivity index is 0.00000147. The number of rotatable bonds is 2. The molecule has 1 saturated heterocycles. The predicted octanol–water partition coefficient (Wildman–Crippen LogP) is 0.624. The summed E-state index contributed by atoms with van der Waals surface area (Å²) < 4.78 is 28.8. The monoisotopic (exact) mass is 320 g/mol. The van der Waals surface area contributed by atoms with Crippen LogP contribution in [0.4, 0.5) is 0 Å². The first kappa shape index (κ1) is 15.8. The molecule has 1 fully saturated rings. The minimum absolute atomic E-state index is 0. The summed E-state index contributed by atoms with van der Waals surface area (Å²) >= 11 is 0. The number of halogens is 1. The smallest absolute Gasteiger partial charge is 0.262 e. The van der Waals surface area contributed by atoms with E-state index in [9.17, 15) is 8.42 Å². The number of imidazole rings is 1. The molecule has 8 heteroatoms. The van der Waals surface area contributed by atoms with Gasteiger partial charge in [0.15, 0.2) is 5.03 Å². The molecule has 1 N–H and O–H groups in total. The number of nitrogens with zero attached hydrogens (tertiary/aromatic N) is 3. The number of sulfonamides is 1. The van der Waals surface area contributed by atoms with Gasteiger partial charge in [0.25, 0.3) is 10.0 Å². The van der Waals surface area contributed by atoms with Crippen molar-refractivity contribution in [3.8, 4) is 0 Å². The fourth-order valence-corrected chi connectivity index (χ4v) is 4.41. The van der Waals surface area contributed by atoms with Crippen LogP contribution in [0.5, 0.6) is 0 Å². The standard InChI is InChI=1S/C12H20N4O2S.ClH/c1-10-8-13-5-7-16(10)19(17,18)12-9-15-6-3-2-4-11(15)14-12;/h9-10,13H,2-8H2,1H3;1H/t10-;/m1./s1. The van der Waals surface area contributed by atoms with Crippen molar-refractivity contribution in [2.24, 2.45) is 0 Å². The highest BCUT2D eigenvalue weighted by molar-refractivity contribution is 7.89. The maximum atomic E-state index is 12.6. The second-order valence-electron chi connectivity index (χ2n) is 5.31. The molecule has 0 radical (unpaired) electrons. The lowest BCUT2D eigenvalue weighted by molar-refractivity contribution is 0.283. The van der Waals surface area contributed by atoms with Crippen LogP contribution in [0.15, 0.2) is 11.2 Å². The lowest BCUT2D eigenvalue weighted by Crippen LogP contribution is -2.52. The molecule has 0 aliphatic carbocycles. The lowest BCUT2D eigenvalue weighted by atomic mass is 10.2. The molecule has 0 bridgehead atoms. The molecular formula is C12H21ClN4O2S. The van der Waals surface area contributed by atoms with E-state index in [2.05, 4.69) is 10.3 Å². The topological polar surface area (TPSA) is 67.2 Å². The van der Waals surface area contributed by atoms with Crippen molar-refractivity contribution < 1.29 is 8.42 Å². The van der Waals surface area contributed by atoms with Gasteiger partial charge in [-0.25, -0.2) is 13.4 Å². The molecule has 3 rings (SSSR count). The summed E-state index contributed by atoms with van der Waals surface area (Å²) in [7, 11) is -3.44. The largest absolute Gasteiger partial charge is 0.333 e. The summed E-state index contributed by atoms with van der Waals surface area (Å²) in [5.41, 5.74) is 0. The molecule has 114 valence electrons. The second kappa shape index (κ2) is 6.01. The molecule has 0 saturated carbocycles. The molecule has 1 aromatic rings. The molecule has 3 heterocycles.